The smallest absolute Gasteiger partial charge is 0.548 e. The van der Waals surface area contributed by atoms with Crippen molar-refractivity contribution in [2.24, 2.45) is 44.4 Å². The molecule has 26 heavy (non-hydrogen) atoms. The van der Waals surface area contributed by atoms with Crippen LogP contribution in [0.5, 0.6) is 0 Å². The van der Waals surface area contributed by atoms with E-state index in [4.69, 9.17) is 34.4 Å². The van der Waals surface area contributed by atoms with Crippen LogP contribution in [0.25, 0.3) is 0 Å². The number of carboxylic acids is 2. The number of nitrogens with two attached hydrogens (primary N) is 6. The quantitative estimate of drug-likeness (QED) is 0.0833. The average molecular weight is 425 g/mol. The Hall–Kier alpha value is 0.673. The average Bonchev–Trinajstić information content (AvgIpc) is 2.47. The van der Waals surface area contributed by atoms with E-state index >= 15 is 0 Å². The maximum Gasteiger partial charge on any atom is 1.00 e. The molecule has 0 spiro atoms. The summed E-state index contributed by atoms with van der Waals surface area (Å²) in [6.45, 7) is 0.784. The van der Waals surface area contributed by atoms with E-state index in [1.807, 2.05) is 0 Å². The molecule has 0 bridgehead atoms. The molecule has 0 aromatic heterocycles. The molecule has 0 aliphatic heterocycles. The first kappa shape index (κ1) is 34.2. The molecule has 0 aliphatic rings. The van der Waals surface area contributed by atoms with Gasteiger partial charge in [0, 0.05) is 25.2 Å². The Balaban J connectivity index is -0.000000173. The third-order valence-corrected chi connectivity index (χ3v) is 2.54. The summed E-state index contributed by atoms with van der Waals surface area (Å²) in [7, 11) is 0. The van der Waals surface area contributed by atoms with E-state index in [1.165, 1.54) is 0 Å². The van der Waals surface area contributed by atoms with Gasteiger partial charge in [-0.15, -0.1) is 0 Å². The first-order valence-corrected chi connectivity index (χ1v) is 7.11. The molecule has 2 atom stereocenters. The SMILES string of the molecule is NC(N)=NCCCC(N)C(=O)[O-].NC(N)=NCCCC(N)C(=O)[O-].[K+].[K+]. The van der Waals surface area contributed by atoms with E-state index in [9.17, 15) is 19.8 Å². The number of hydrogen-bond acceptors (Lipinski definition) is 8. The Bertz CT molecular complexity index is 403. The van der Waals surface area contributed by atoms with Gasteiger partial charge in [-0.3, -0.25) is 9.98 Å². The topological polar surface area (TPSA) is 261 Å². The van der Waals surface area contributed by atoms with Crippen molar-refractivity contribution in [1.29, 1.82) is 0 Å². The second-order valence-electron chi connectivity index (χ2n) is 4.75. The summed E-state index contributed by atoms with van der Waals surface area (Å²) in [5.74, 6) is -2.51. The van der Waals surface area contributed by atoms with Crippen LogP contribution in [-0.2, 0) is 9.59 Å². The molecule has 0 radical (unpaired) electrons. The number of carboxylic acid groups (broad SMARTS) is 2. The van der Waals surface area contributed by atoms with E-state index in [2.05, 4.69) is 9.98 Å². The largest absolute Gasteiger partial charge is 1.00 e. The Morgan fingerprint density at radius 1 is 0.731 bits per heavy atom. The minimum atomic E-state index is -1.25. The Morgan fingerprint density at radius 3 is 1.19 bits per heavy atom. The summed E-state index contributed by atoms with van der Waals surface area (Å²) in [6, 6.07) is -1.86. The fraction of sp³-hybridized carbons (Fsp3) is 0.667. The molecule has 140 valence electrons. The number of rotatable bonds is 10. The van der Waals surface area contributed by atoms with E-state index in [1.54, 1.807) is 0 Å². The predicted molar refractivity (Wildman–Crippen MR) is 85.8 cm³/mol. The molecule has 0 fully saturated rings. The van der Waals surface area contributed by atoms with Gasteiger partial charge < -0.3 is 54.2 Å². The number of carbonyl (C=O) groups is 2. The van der Waals surface area contributed by atoms with Crippen molar-refractivity contribution in [3.8, 4) is 0 Å². The number of guanidine groups is 2. The monoisotopic (exact) mass is 424 g/mol. The molecule has 0 aromatic carbocycles. The van der Waals surface area contributed by atoms with Gasteiger partial charge in [0.15, 0.2) is 11.9 Å². The Morgan fingerprint density at radius 2 is 1.00 bits per heavy atom. The second-order valence-corrected chi connectivity index (χ2v) is 4.75. The third-order valence-electron chi connectivity index (χ3n) is 2.54. The summed E-state index contributed by atoms with van der Waals surface area (Å²) >= 11 is 0. The summed E-state index contributed by atoms with van der Waals surface area (Å²) in [5, 5.41) is 20.2. The van der Waals surface area contributed by atoms with Crippen LogP contribution in [0.1, 0.15) is 25.7 Å². The molecule has 0 saturated carbocycles. The summed E-state index contributed by atoms with van der Waals surface area (Å²) in [4.78, 5) is 27.5. The molecular weight excluding hydrogens is 398 g/mol. The normalized spacial score (nSPS) is 11.2. The van der Waals surface area contributed by atoms with E-state index < -0.39 is 24.0 Å². The first-order chi connectivity index (χ1) is 11.1. The molecular formula is C12H26K2N8O4. The molecule has 0 amide bonds. The van der Waals surface area contributed by atoms with Gasteiger partial charge in [0.1, 0.15) is 0 Å². The predicted octanol–water partition coefficient (Wildman–Crippen LogP) is -11.8. The van der Waals surface area contributed by atoms with Crippen LogP contribution >= 0.6 is 0 Å². The van der Waals surface area contributed by atoms with Crippen molar-refractivity contribution in [2.45, 2.75) is 37.8 Å². The molecule has 12 N–H and O–H groups in total. The van der Waals surface area contributed by atoms with Gasteiger partial charge in [0.25, 0.3) is 0 Å². The van der Waals surface area contributed by atoms with E-state index in [0.717, 1.165) is 0 Å². The molecule has 14 heteroatoms. The molecule has 12 nitrogen and oxygen atoms in total. The molecule has 0 aliphatic carbocycles. The Labute approximate surface area is 237 Å². The van der Waals surface area contributed by atoms with Crippen molar-refractivity contribution in [2.75, 3.05) is 13.1 Å². The van der Waals surface area contributed by atoms with Gasteiger partial charge in [-0.2, -0.15) is 0 Å². The van der Waals surface area contributed by atoms with Crippen LogP contribution in [0.15, 0.2) is 9.98 Å². The van der Waals surface area contributed by atoms with Crippen molar-refractivity contribution < 1.29 is 123 Å². The van der Waals surface area contributed by atoms with Crippen LogP contribution in [0, 0.1) is 0 Å². The van der Waals surface area contributed by atoms with Crippen LogP contribution in [-0.4, -0.2) is 49.0 Å². The first-order valence-electron chi connectivity index (χ1n) is 7.11. The maximum atomic E-state index is 10.1. The molecule has 0 heterocycles. The standard InChI is InChI=1S/2C6H14N4O2.2K/c2*7-4(5(11)12)2-1-3-10-6(8)9;;/h2*4H,1-3,7H2,(H,11,12)(H4,8,9,10);;/q;;2*+1/p-2. The van der Waals surface area contributed by atoms with Crippen molar-refractivity contribution >= 4 is 23.9 Å². The zero-order chi connectivity index (χ0) is 19.1. The number of nitrogens with zero attached hydrogens (tertiary/aromatic N) is 2. The van der Waals surface area contributed by atoms with Gasteiger partial charge in [-0.05, 0) is 25.7 Å². The molecule has 0 rings (SSSR count). The fourth-order valence-electron chi connectivity index (χ4n) is 1.27. The van der Waals surface area contributed by atoms with Gasteiger partial charge in [0.2, 0.25) is 0 Å². The minimum absolute atomic E-state index is 0. The van der Waals surface area contributed by atoms with Crippen LogP contribution in [0.2, 0.25) is 0 Å². The van der Waals surface area contributed by atoms with Crippen LogP contribution in [0.3, 0.4) is 0 Å². The van der Waals surface area contributed by atoms with E-state index in [0.29, 0.717) is 38.8 Å². The Kier molecular flexibility index (Phi) is 28.9. The number of aliphatic carboxylic acids is 2. The van der Waals surface area contributed by atoms with Gasteiger partial charge in [-0.25, -0.2) is 0 Å². The van der Waals surface area contributed by atoms with Gasteiger partial charge >= 0.3 is 103 Å². The van der Waals surface area contributed by atoms with Crippen molar-refractivity contribution in [3.63, 3.8) is 0 Å². The summed E-state index contributed by atoms with van der Waals surface area (Å²) in [6.07, 6.45) is 1.71. The molecule has 0 aromatic rings. The van der Waals surface area contributed by atoms with Crippen molar-refractivity contribution in [3.05, 3.63) is 0 Å². The molecule has 2 unspecified atom stereocenters. The zero-order valence-corrected chi connectivity index (χ0v) is 21.6. The van der Waals surface area contributed by atoms with E-state index in [-0.39, 0.29) is 115 Å². The number of carbonyl (C=O) groups excluding carboxylic acids is 2. The fourth-order valence-corrected chi connectivity index (χ4v) is 1.27. The minimum Gasteiger partial charge on any atom is -0.548 e. The maximum absolute atomic E-state index is 10.1. The number of hydrogen-bond donors (Lipinski definition) is 6. The van der Waals surface area contributed by atoms with Gasteiger partial charge in [0.05, 0.1) is 11.9 Å². The molecule has 0 saturated heterocycles. The van der Waals surface area contributed by atoms with Crippen LogP contribution in [0.4, 0.5) is 0 Å². The summed E-state index contributed by atoms with van der Waals surface area (Å²) in [5.41, 5.74) is 30.5. The zero-order valence-electron chi connectivity index (χ0n) is 15.4. The summed E-state index contributed by atoms with van der Waals surface area (Å²) < 4.78 is 0. The number of aliphatic imine (C=N–C) groups is 2. The van der Waals surface area contributed by atoms with Gasteiger partial charge in [-0.1, -0.05) is 0 Å². The van der Waals surface area contributed by atoms with Crippen molar-refractivity contribution in [1.82, 2.24) is 0 Å². The second kappa shape index (κ2) is 22.0. The van der Waals surface area contributed by atoms with Crippen LogP contribution < -0.4 is 147 Å². The third kappa shape index (κ3) is 26.9.